The number of H-pyrrole nitrogens is 1. The average molecular weight is 259 g/mol. The zero-order chi connectivity index (χ0) is 13.2. The lowest BCUT2D eigenvalue weighted by atomic mass is 10.1. The molecule has 0 aliphatic carbocycles. The zero-order valence-electron chi connectivity index (χ0n) is 10.6. The smallest absolute Gasteiger partial charge is 0.147 e. The van der Waals surface area contributed by atoms with Crippen LogP contribution in [0.4, 0.5) is 4.39 Å². The SMILES string of the molecule is COCCOc1ccc(F)c2[nH]c3ccccc3c12. The van der Waals surface area contributed by atoms with E-state index in [0.717, 1.165) is 16.3 Å². The number of methoxy groups -OCH3 is 1. The molecule has 0 fully saturated rings. The van der Waals surface area contributed by atoms with Crippen molar-refractivity contribution >= 4 is 21.8 Å². The van der Waals surface area contributed by atoms with Gasteiger partial charge in [0.25, 0.3) is 0 Å². The Labute approximate surface area is 109 Å². The molecule has 1 N–H and O–H groups in total. The van der Waals surface area contributed by atoms with Gasteiger partial charge in [-0.2, -0.15) is 0 Å². The molecule has 0 aliphatic rings. The van der Waals surface area contributed by atoms with Crippen LogP contribution in [-0.4, -0.2) is 25.3 Å². The van der Waals surface area contributed by atoms with E-state index in [1.807, 2.05) is 24.3 Å². The first-order valence-electron chi connectivity index (χ1n) is 6.12. The van der Waals surface area contributed by atoms with Gasteiger partial charge in [-0.05, 0) is 18.2 Å². The van der Waals surface area contributed by atoms with Crippen molar-refractivity contribution < 1.29 is 13.9 Å². The summed E-state index contributed by atoms with van der Waals surface area (Å²) in [5.74, 6) is 0.399. The molecular weight excluding hydrogens is 245 g/mol. The Bertz CT molecular complexity index is 721. The molecule has 3 nitrogen and oxygen atoms in total. The largest absolute Gasteiger partial charge is 0.490 e. The maximum absolute atomic E-state index is 13.9. The topological polar surface area (TPSA) is 34.2 Å². The molecule has 0 saturated heterocycles. The predicted molar refractivity (Wildman–Crippen MR) is 73.1 cm³/mol. The molecule has 19 heavy (non-hydrogen) atoms. The van der Waals surface area contributed by atoms with Gasteiger partial charge >= 0.3 is 0 Å². The first kappa shape index (κ1) is 12.0. The third-order valence-electron chi connectivity index (χ3n) is 3.12. The molecule has 0 radical (unpaired) electrons. The molecular formula is C15H14FNO2. The van der Waals surface area contributed by atoms with Crippen molar-refractivity contribution in [2.45, 2.75) is 0 Å². The molecule has 0 unspecified atom stereocenters. The van der Waals surface area contributed by atoms with E-state index in [1.165, 1.54) is 6.07 Å². The number of hydrogen-bond acceptors (Lipinski definition) is 2. The van der Waals surface area contributed by atoms with Gasteiger partial charge in [0, 0.05) is 18.0 Å². The summed E-state index contributed by atoms with van der Waals surface area (Å²) in [6.07, 6.45) is 0. The van der Waals surface area contributed by atoms with Gasteiger partial charge in [-0.15, -0.1) is 0 Å². The van der Waals surface area contributed by atoms with Crippen LogP contribution in [0.25, 0.3) is 21.8 Å². The number of fused-ring (bicyclic) bond motifs is 3. The standard InChI is InChI=1S/C15H14FNO2/c1-18-8-9-19-13-7-6-11(16)15-14(13)10-4-2-3-5-12(10)17-15/h2-7,17H,8-9H2,1H3. The van der Waals surface area contributed by atoms with Crippen LogP contribution in [0.15, 0.2) is 36.4 Å². The number of hydrogen-bond donors (Lipinski definition) is 1. The second-order valence-electron chi connectivity index (χ2n) is 4.31. The molecule has 1 aromatic heterocycles. The van der Waals surface area contributed by atoms with Crippen LogP contribution < -0.4 is 4.74 Å². The first-order chi connectivity index (χ1) is 9.31. The average Bonchev–Trinajstić information content (AvgIpc) is 2.82. The van der Waals surface area contributed by atoms with E-state index >= 15 is 0 Å². The van der Waals surface area contributed by atoms with Crippen LogP contribution in [0.2, 0.25) is 0 Å². The Morgan fingerprint density at radius 1 is 1.11 bits per heavy atom. The highest BCUT2D eigenvalue weighted by Crippen LogP contribution is 2.34. The lowest BCUT2D eigenvalue weighted by Crippen LogP contribution is -2.04. The molecule has 98 valence electrons. The van der Waals surface area contributed by atoms with Crippen LogP contribution in [0.3, 0.4) is 0 Å². The second kappa shape index (κ2) is 4.90. The minimum Gasteiger partial charge on any atom is -0.490 e. The monoisotopic (exact) mass is 259 g/mol. The Kier molecular flexibility index (Phi) is 3.09. The lowest BCUT2D eigenvalue weighted by molar-refractivity contribution is 0.147. The number of aromatic nitrogens is 1. The Hall–Kier alpha value is -2.07. The lowest BCUT2D eigenvalue weighted by Gasteiger charge is -2.07. The zero-order valence-corrected chi connectivity index (χ0v) is 10.6. The molecule has 0 spiro atoms. The number of ether oxygens (including phenoxy) is 2. The van der Waals surface area contributed by atoms with Crippen molar-refractivity contribution in [3.8, 4) is 5.75 Å². The summed E-state index contributed by atoms with van der Waals surface area (Å²) in [6.45, 7) is 0.942. The van der Waals surface area contributed by atoms with Crippen molar-refractivity contribution in [3.63, 3.8) is 0 Å². The van der Waals surface area contributed by atoms with Crippen molar-refractivity contribution in [1.29, 1.82) is 0 Å². The normalized spacial score (nSPS) is 11.3. The first-order valence-corrected chi connectivity index (χ1v) is 6.12. The van der Waals surface area contributed by atoms with E-state index in [1.54, 1.807) is 13.2 Å². The second-order valence-corrected chi connectivity index (χ2v) is 4.31. The van der Waals surface area contributed by atoms with Crippen molar-refractivity contribution in [2.24, 2.45) is 0 Å². The molecule has 3 aromatic rings. The van der Waals surface area contributed by atoms with Gasteiger partial charge in [-0.25, -0.2) is 4.39 Å². The van der Waals surface area contributed by atoms with Gasteiger partial charge in [0.15, 0.2) is 0 Å². The molecule has 0 amide bonds. The van der Waals surface area contributed by atoms with Gasteiger partial charge in [0.1, 0.15) is 18.2 Å². The van der Waals surface area contributed by atoms with E-state index in [4.69, 9.17) is 9.47 Å². The van der Waals surface area contributed by atoms with E-state index in [0.29, 0.717) is 24.5 Å². The van der Waals surface area contributed by atoms with Gasteiger partial charge in [0.05, 0.1) is 17.5 Å². The molecule has 0 saturated carbocycles. The summed E-state index contributed by atoms with van der Waals surface area (Å²) in [4.78, 5) is 3.09. The molecule has 1 heterocycles. The summed E-state index contributed by atoms with van der Waals surface area (Å²) in [6, 6.07) is 10.8. The Morgan fingerprint density at radius 2 is 1.95 bits per heavy atom. The third-order valence-corrected chi connectivity index (χ3v) is 3.12. The number of rotatable bonds is 4. The number of para-hydroxylation sites is 1. The van der Waals surface area contributed by atoms with E-state index < -0.39 is 0 Å². The molecule has 2 aromatic carbocycles. The van der Waals surface area contributed by atoms with Crippen LogP contribution in [0, 0.1) is 5.82 Å². The van der Waals surface area contributed by atoms with Crippen molar-refractivity contribution in [2.75, 3.05) is 20.3 Å². The van der Waals surface area contributed by atoms with Crippen LogP contribution in [-0.2, 0) is 4.74 Å². The number of halogens is 1. The molecule has 0 atom stereocenters. The van der Waals surface area contributed by atoms with Crippen molar-refractivity contribution in [3.05, 3.63) is 42.2 Å². The van der Waals surface area contributed by atoms with Gasteiger partial charge in [0.2, 0.25) is 0 Å². The maximum atomic E-state index is 13.9. The molecule has 3 rings (SSSR count). The summed E-state index contributed by atoms with van der Waals surface area (Å²) in [7, 11) is 1.62. The van der Waals surface area contributed by atoms with Crippen LogP contribution in [0.1, 0.15) is 0 Å². The number of nitrogens with one attached hydrogen (secondary N) is 1. The fourth-order valence-electron chi connectivity index (χ4n) is 2.25. The summed E-state index contributed by atoms with van der Waals surface area (Å²) in [5, 5.41) is 1.75. The summed E-state index contributed by atoms with van der Waals surface area (Å²) in [5.41, 5.74) is 1.38. The van der Waals surface area contributed by atoms with Crippen molar-refractivity contribution in [1.82, 2.24) is 4.98 Å². The molecule has 0 bridgehead atoms. The van der Waals surface area contributed by atoms with E-state index in [9.17, 15) is 4.39 Å². The highest BCUT2D eigenvalue weighted by Gasteiger charge is 2.13. The third kappa shape index (κ3) is 2.04. The van der Waals surface area contributed by atoms with Crippen LogP contribution in [0.5, 0.6) is 5.75 Å². The Balaban J connectivity index is 2.19. The Morgan fingerprint density at radius 3 is 2.79 bits per heavy atom. The minimum absolute atomic E-state index is 0.273. The van der Waals surface area contributed by atoms with Gasteiger partial charge in [-0.3, -0.25) is 0 Å². The number of benzene rings is 2. The van der Waals surface area contributed by atoms with Gasteiger partial charge < -0.3 is 14.5 Å². The van der Waals surface area contributed by atoms with Crippen LogP contribution >= 0.6 is 0 Å². The maximum Gasteiger partial charge on any atom is 0.147 e. The minimum atomic E-state index is -0.273. The fourth-order valence-corrected chi connectivity index (χ4v) is 2.25. The highest BCUT2D eigenvalue weighted by atomic mass is 19.1. The van der Waals surface area contributed by atoms with Gasteiger partial charge in [-0.1, -0.05) is 18.2 Å². The quantitative estimate of drug-likeness (QED) is 0.728. The number of aromatic amines is 1. The van der Waals surface area contributed by atoms with E-state index in [2.05, 4.69) is 4.98 Å². The summed E-state index contributed by atoms with van der Waals surface area (Å²) < 4.78 is 24.5. The molecule has 0 aliphatic heterocycles. The highest BCUT2D eigenvalue weighted by molar-refractivity contribution is 6.10. The fraction of sp³-hybridized carbons (Fsp3) is 0.200. The molecule has 4 heteroatoms. The summed E-state index contributed by atoms with van der Waals surface area (Å²) >= 11 is 0. The predicted octanol–water partition coefficient (Wildman–Crippen LogP) is 3.49. The van der Waals surface area contributed by atoms with E-state index in [-0.39, 0.29) is 5.82 Å².